The highest BCUT2D eigenvalue weighted by atomic mass is 16.5. The third-order valence-corrected chi connectivity index (χ3v) is 2.81. The summed E-state index contributed by atoms with van der Waals surface area (Å²) in [5, 5.41) is 2.69. The maximum absolute atomic E-state index is 10.9. The number of rotatable bonds is 7. The number of amides is 1. The molecule has 2 aromatic rings. The van der Waals surface area contributed by atoms with Crippen LogP contribution in [-0.4, -0.2) is 25.4 Å². The minimum absolute atomic E-state index is 0.109. The Balaban J connectivity index is 1.73. The summed E-state index contributed by atoms with van der Waals surface area (Å²) in [5.74, 6) is 1.28. The van der Waals surface area contributed by atoms with E-state index < -0.39 is 0 Å². The highest BCUT2D eigenvalue weighted by molar-refractivity contribution is 5.88. The summed E-state index contributed by atoms with van der Waals surface area (Å²) in [6.45, 7) is 2.26. The zero-order valence-corrected chi connectivity index (χ0v) is 12.2. The lowest BCUT2D eigenvalue weighted by Crippen LogP contribution is -2.09. The Morgan fingerprint density at radius 2 is 1.45 bits per heavy atom. The van der Waals surface area contributed by atoms with Gasteiger partial charge >= 0.3 is 0 Å². The molecular weight excluding hydrogens is 282 g/mol. The Morgan fingerprint density at radius 3 is 1.91 bits per heavy atom. The van der Waals surface area contributed by atoms with Crippen LogP contribution in [0.1, 0.15) is 17.3 Å². The van der Waals surface area contributed by atoms with Gasteiger partial charge < -0.3 is 14.8 Å². The highest BCUT2D eigenvalue weighted by Crippen LogP contribution is 2.16. The number of carbonyl (C=O) groups excluding carboxylic acids is 2. The average molecular weight is 299 g/mol. The van der Waals surface area contributed by atoms with Gasteiger partial charge in [0.05, 0.1) is 0 Å². The molecule has 0 aromatic heterocycles. The first-order chi connectivity index (χ1) is 10.7. The molecule has 0 atom stereocenters. The molecule has 2 aromatic carbocycles. The summed E-state index contributed by atoms with van der Waals surface area (Å²) in [7, 11) is 0. The minimum Gasteiger partial charge on any atom is -0.490 e. The van der Waals surface area contributed by atoms with E-state index in [0.29, 0.717) is 30.3 Å². The zero-order chi connectivity index (χ0) is 15.8. The van der Waals surface area contributed by atoms with Gasteiger partial charge in [0.25, 0.3) is 0 Å². The maximum atomic E-state index is 10.9. The first kappa shape index (κ1) is 15.6. The molecule has 5 heteroatoms. The minimum atomic E-state index is -0.109. The number of hydrogen-bond donors (Lipinski definition) is 1. The van der Waals surface area contributed by atoms with Gasteiger partial charge in [0.1, 0.15) is 31.0 Å². The van der Waals surface area contributed by atoms with Crippen LogP contribution in [0.2, 0.25) is 0 Å². The number of nitrogens with one attached hydrogen (secondary N) is 1. The van der Waals surface area contributed by atoms with Gasteiger partial charge in [-0.2, -0.15) is 0 Å². The third kappa shape index (κ3) is 4.94. The lowest BCUT2D eigenvalue weighted by molar-refractivity contribution is -0.114. The smallest absolute Gasteiger partial charge is 0.221 e. The molecule has 5 nitrogen and oxygen atoms in total. The van der Waals surface area contributed by atoms with Crippen LogP contribution in [-0.2, 0) is 4.79 Å². The van der Waals surface area contributed by atoms with Crippen LogP contribution in [0.15, 0.2) is 48.5 Å². The van der Waals surface area contributed by atoms with E-state index in [1.54, 1.807) is 48.5 Å². The van der Waals surface area contributed by atoms with E-state index in [4.69, 9.17) is 9.47 Å². The monoisotopic (exact) mass is 299 g/mol. The van der Waals surface area contributed by atoms with E-state index in [9.17, 15) is 9.59 Å². The maximum Gasteiger partial charge on any atom is 0.221 e. The summed E-state index contributed by atoms with van der Waals surface area (Å²) in [5.41, 5.74) is 1.34. The lowest BCUT2D eigenvalue weighted by atomic mass is 10.2. The summed E-state index contributed by atoms with van der Waals surface area (Å²) in [6.07, 6.45) is 0.789. The Labute approximate surface area is 128 Å². The fourth-order valence-electron chi connectivity index (χ4n) is 1.80. The van der Waals surface area contributed by atoms with E-state index in [2.05, 4.69) is 5.32 Å². The van der Waals surface area contributed by atoms with Crippen LogP contribution >= 0.6 is 0 Å². The third-order valence-electron chi connectivity index (χ3n) is 2.81. The summed E-state index contributed by atoms with van der Waals surface area (Å²) in [6, 6.07) is 14.0. The molecule has 114 valence electrons. The second kappa shape index (κ2) is 7.83. The van der Waals surface area contributed by atoms with Crippen molar-refractivity contribution in [3.05, 3.63) is 54.1 Å². The number of hydrogen-bond acceptors (Lipinski definition) is 4. The van der Waals surface area contributed by atoms with Crippen molar-refractivity contribution in [1.82, 2.24) is 0 Å². The fraction of sp³-hybridized carbons (Fsp3) is 0.176. The van der Waals surface area contributed by atoms with E-state index in [0.717, 1.165) is 12.0 Å². The van der Waals surface area contributed by atoms with Crippen molar-refractivity contribution in [2.75, 3.05) is 18.5 Å². The molecular formula is C17H17NO4. The van der Waals surface area contributed by atoms with Crippen LogP contribution in [0.4, 0.5) is 5.69 Å². The number of ether oxygens (including phenoxy) is 2. The van der Waals surface area contributed by atoms with E-state index in [1.165, 1.54) is 6.92 Å². The van der Waals surface area contributed by atoms with Gasteiger partial charge in [0.15, 0.2) is 0 Å². The second-order valence-electron chi connectivity index (χ2n) is 4.59. The molecule has 0 saturated carbocycles. The van der Waals surface area contributed by atoms with Gasteiger partial charge in [0, 0.05) is 18.2 Å². The SMILES string of the molecule is CC(=O)Nc1ccc(OCCOc2ccc(C=O)cc2)cc1. The summed E-state index contributed by atoms with van der Waals surface area (Å²) < 4.78 is 11.0. The van der Waals surface area contributed by atoms with Crippen LogP contribution < -0.4 is 14.8 Å². The van der Waals surface area contributed by atoms with Gasteiger partial charge in [-0.1, -0.05) is 0 Å². The quantitative estimate of drug-likeness (QED) is 0.630. The van der Waals surface area contributed by atoms with Gasteiger partial charge in [-0.3, -0.25) is 9.59 Å². The van der Waals surface area contributed by atoms with Crippen LogP contribution in [0, 0.1) is 0 Å². The van der Waals surface area contributed by atoms with Crippen molar-refractivity contribution in [1.29, 1.82) is 0 Å². The molecule has 0 aliphatic rings. The molecule has 1 amide bonds. The van der Waals surface area contributed by atoms with Gasteiger partial charge in [-0.15, -0.1) is 0 Å². The number of benzene rings is 2. The normalized spacial score (nSPS) is 9.86. The largest absolute Gasteiger partial charge is 0.490 e. The van der Waals surface area contributed by atoms with Crippen LogP contribution in [0.3, 0.4) is 0 Å². The van der Waals surface area contributed by atoms with Gasteiger partial charge in [-0.25, -0.2) is 0 Å². The molecule has 0 aliphatic carbocycles. The molecule has 22 heavy (non-hydrogen) atoms. The number of aldehydes is 1. The van der Waals surface area contributed by atoms with Gasteiger partial charge in [0.2, 0.25) is 5.91 Å². The van der Waals surface area contributed by atoms with Gasteiger partial charge in [-0.05, 0) is 48.5 Å². The zero-order valence-electron chi connectivity index (χ0n) is 12.2. The Hall–Kier alpha value is -2.82. The summed E-state index contributed by atoms with van der Waals surface area (Å²) >= 11 is 0. The standard InChI is InChI=1S/C17H17NO4/c1-13(20)18-15-4-8-17(9-5-15)22-11-10-21-16-6-2-14(12-19)3-7-16/h2-9,12H,10-11H2,1H3,(H,18,20). The van der Waals surface area contributed by atoms with Crippen molar-refractivity contribution in [2.45, 2.75) is 6.92 Å². The first-order valence-corrected chi connectivity index (χ1v) is 6.86. The first-order valence-electron chi connectivity index (χ1n) is 6.86. The molecule has 0 heterocycles. The molecule has 0 radical (unpaired) electrons. The molecule has 0 unspecified atom stereocenters. The Bertz CT molecular complexity index is 620. The van der Waals surface area contributed by atoms with Crippen molar-refractivity contribution in [3.8, 4) is 11.5 Å². The molecule has 0 aliphatic heterocycles. The van der Waals surface area contributed by atoms with E-state index in [1.807, 2.05) is 0 Å². The van der Waals surface area contributed by atoms with Crippen molar-refractivity contribution < 1.29 is 19.1 Å². The molecule has 0 bridgehead atoms. The molecule has 1 N–H and O–H groups in total. The predicted molar refractivity (Wildman–Crippen MR) is 83.6 cm³/mol. The number of carbonyl (C=O) groups is 2. The molecule has 0 spiro atoms. The van der Waals surface area contributed by atoms with Crippen LogP contribution in [0.5, 0.6) is 11.5 Å². The highest BCUT2D eigenvalue weighted by Gasteiger charge is 1.98. The van der Waals surface area contributed by atoms with E-state index >= 15 is 0 Å². The summed E-state index contributed by atoms with van der Waals surface area (Å²) in [4.78, 5) is 21.4. The second-order valence-corrected chi connectivity index (χ2v) is 4.59. The van der Waals surface area contributed by atoms with E-state index in [-0.39, 0.29) is 5.91 Å². The van der Waals surface area contributed by atoms with Crippen LogP contribution in [0.25, 0.3) is 0 Å². The van der Waals surface area contributed by atoms with Crippen molar-refractivity contribution in [2.24, 2.45) is 0 Å². The Kier molecular flexibility index (Phi) is 5.54. The van der Waals surface area contributed by atoms with Crippen molar-refractivity contribution in [3.63, 3.8) is 0 Å². The number of anilines is 1. The topological polar surface area (TPSA) is 64.6 Å². The molecule has 0 saturated heterocycles. The Morgan fingerprint density at radius 1 is 0.955 bits per heavy atom. The predicted octanol–water partition coefficient (Wildman–Crippen LogP) is 2.92. The molecule has 2 rings (SSSR count). The van der Waals surface area contributed by atoms with Crippen molar-refractivity contribution >= 4 is 17.9 Å². The molecule has 0 fully saturated rings. The average Bonchev–Trinajstić information content (AvgIpc) is 2.53. The fourth-order valence-corrected chi connectivity index (χ4v) is 1.80. The lowest BCUT2D eigenvalue weighted by Gasteiger charge is -2.09.